The van der Waals surface area contributed by atoms with Gasteiger partial charge >= 0.3 is 0 Å². The lowest BCUT2D eigenvalue weighted by atomic mass is 9.76. The second kappa shape index (κ2) is 10.1. The first kappa shape index (κ1) is 21.5. The Kier molecular flexibility index (Phi) is 6.78. The molecule has 0 aliphatic heterocycles. The molecular formula is C29H27NO2. The molecule has 0 bridgehead atoms. The molecule has 4 aromatic carbocycles. The second-order valence-corrected chi connectivity index (χ2v) is 8.02. The molecule has 1 unspecified atom stereocenters. The van der Waals surface area contributed by atoms with Crippen LogP contribution in [0.4, 0.5) is 5.69 Å². The van der Waals surface area contributed by atoms with Crippen LogP contribution in [0, 0.1) is 0 Å². The van der Waals surface area contributed by atoms with E-state index >= 15 is 0 Å². The molecule has 0 saturated carbocycles. The Balaban J connectivity index is 1.67. The van der Waals surface area contributed by atoms with Gasteiger partial charge in [0, 0.05) is 12.1 Å². The largest absolute Gasteiger partial charge is 0.380 e. The summed E-state index contributed by atoms with van der Waals surface area (Å²) in [6.45, 7) is 0. The molecule has 3 nitrogen and oxygen atoms in total. The number of hydrogen-bond donors (Lipinski definition) is 2. The highest BCUT2D eigenvalue weighted by Gasteiger charge is 2.35. The summed E-state index contributed by atoms with van der Waals surface area (Å²) < 4.78 is 0. The number of nitrogens with one attached hydrogen (secondary N) is 1. The summed E-state index contributed by atoms with van der Waals surface area (Å²) in [5, 5.41) is 15.0. The van der Waals surface area contributed by atoms with Crippen LogP contribution >= 0.6 is 0 Å². The molecule has 32 heavy (non-hydrogen) atoms. The maximum Gasteiger partial charge on any atom is 0.224 e. The fraction of sp³-hybridized carbons (Fsp3) is 0.138. The van der Waals surface area contributed by atoms with E-state index in [2.05, 4.69) is 5.32 Å². The van der Waals surface area contributed by atoms with Crippen LogP contribution in [0.2, 0.25) is 0 Å². The summed E-state index contributed by atoms with van der Waals surface area (Å²) in [6, 6.07) is 38.8. The minimum Gasteiger partial charge on any atom is -0.380 e. The van der Waals surface area contributed by atoms with Gasteiger partial charge in [0.25, 0.3) is 0 Å². The zero-order valence-electron chi connectivity index (χ0n) is 17.9. The van der Waals surface area contributed by atoms with Crippen LogP contribution in [0.15, 0.2) is 121 Å². The summed E-state index contributed by atoms with van der Waals surface area (Å²) in [5.41, 5.74) is 2.20. The Morgan fingerprint density at radius 2 is 1.12 bits per heavy atom. The zero-order valence-corrected chi connectivity index (χ0v) is 17.9. The normalized spacial score (nSPS) is 12.2. The van der Waals surface area contributed by atoms with Gasteiger partial charge < -0.3 is 10.4 Å². The highest BCUT2D eigenvalue weighted by molar-refractivity contribution is 5.91. The fourth-order valence-electron chi connectivity index (χ4n) is 4.18. The van der Waals surface area contributed by atoms with Crippen molar-refractivity contribution in [1.82, 2.24) is 0 Å². The van der Waals surface area contributed by atoms with Crippen LogP contribution in [-0.4, -0.2) is 11.0 Å². The van der Waals surface area contributed by atoms with Gasteiger partial charge in [-0.25, -0.2) is 0 Å². The quantitative estimate of drug-likeness (QED) is 0.360. The fourth-order valence-corrected chi connectivity index (χ4v) is 4.18. The van der Waals surface area contributed by atoms with Gasteiger partial charge in [-0.1, -0.05) is 109 Å². The molecule has 0 spiro atoms. The number of para-hydroxylation sites is 1. The Hall–Kier alpha value is -3.69. The Labute approximate surface area is 189 Å². The van der Waals surface area contributed by atoms with E-state index in [0.29, 0.717) is 6.42 Å². The predicted molar refractivity (Wildman–Crippen MR) is 129 cm³/mol. The lowest BCUT2D eigenvalue weighted by Gasteiger charge is -2.33. The Morgan fingerprint density at radius 3 is 1.62 bits per heavy atom. The molecule has 4 aromatic rings. The number of aliphatic hydroxyl groups is 1. The van der Waals surface area contributed by atoms with Crippen molar-refractivity contribution in [3.63, 3.8) is 0 Å². The maximum absolute atomic E-state index is 13.0. The standard InChI is InChI=1S/C29H27NO2/c31-28(30-27-19-11-4-12-20-27)21-24(23-13-5-1-6-14-23)22-29(32,25-15-7-2-8-16-25)26-17-9-3-10-18-26/h1-20,24,32H,21-22H2,(H,30,31). The zero-order chi connectivity index (χ0) is 22.2. The molecule has 0 fully saturated rings. The average Bonchev–Trinajstić information content (AvgIpc) is 2.86. The van der Waals surface area contributed by atoms with Crippen molar-refractivity contribution in [1.29, 1.82) is 0 Å². The maximum atomic E-state index is 13.0. The third-order valence-electron chi connectivity index (χ3n) is 5.80. The van der Waals surface area contributed by atoms with E-state index in [1.165, 1.54) is 0 Å². The first-order valence-corrected chi connectivity index (χ1v) is 10.9. The van der Waals surface area contributed by atoms with Crippen LogP contribution in [0.25, 0.3) is 0 Å². The van der Waals surface area contributed by atoms with Gasteiger partial charge in [-0.2, -0.15) is 0 Å². The minimum atomic E-state index is -1.23. The van der Waals surface area contributed by atoms with Crippen molar-refractivity contribution in [2.75, 3.05) is 5.32 Å². The second-order valence-electron chi connectivity index (χ2n) is 8.02. The van der Waals surface area contributed by atoms with E-state index in [1.807, 2.05) is 121 Å². The van der Waals surface area contributed by atoms with Crippen molar-refractivity contribution >= 4 is 11.6 Å². The van der Waals surface area contributed by atoms with Gasteiger partial charge in [0.2, 0.25) is 5.91 Å². The third kappa shape index (κ3) is 5.13. The van der Waals surface area contributed by atoms with Gasteiger partial charge in [-0.3, -0.25) is 4.79 Å². The lowest BCUT2D eigenvalue weighted by molar-refractivity contribution is -0.116. The average molecular weight is 422 g/mol. The number of carbonyl (C=O) groups is 1. The van der Waals surface area contributed by atoms with Gasteiger partial charge in [-0.05, 0) is 41.2 Å². The van der Waals surface area contributed by atoms with E-state index in [4.69, 9.17) is 0 Å². The molecule has 0 radical (unpaired) electrons. The Bertz CT molecular complexity index is 1070. The van der Waals surface area contributed by atoms with Crippen molar-refractivity contribution in [3.8, 4) is 0 Å². The number of benzene rings is 4. The number of carbonyl (C=O) groups excluding carboxylic acids is 1. The smallest absolute Gasteiger partial charge is 0.224 e. The van der Waals surface area contributed by atoms with Crippen LogP contribution in [-0.2, 0) is 10.4 Å². The molecule has 0 aromatic heterocycles. The summed E-state index contributed by atoms with van der Waals surface area (Å²) in [7, 11) is 0. The Morgan fingerprint density at radius 1 is 0.688 bits per heavy atom. The molecule has 0 heterocycles. The van der Waals surface area contributed by atoms with E-state index < -0.39 is 5.60 Å². The minimum absolute atomic E-state index is 0.0754. The topological polar surface area (TPSA) is 49.3 Å². The molecule has 4 rings (SSSR count). The molecule has 0 aliphatic rings. The lowest BCUT2D eigenvalue weighted by Crippen LogP contribution is -2.31. The van der Waals surface area contributed by atoms with E-state index in [1.54, 1.807) is 0 Å². The number of anilines is 1. The van der Waals surface area contributed by atoms with E-state index in [9.17, 15) is 9.90 Å². The molecule has 1 atom stereocenters. The molecule has 2 N–H and O–H groups in total. The van der Waals surface area contributed by atoms with Gasteiger partial charge in [0.1, 0.15) is 5.60 Å². The molecule has 1 amide bonds. The highest BCUT2D eigenvalue weighted by atomic mass is 16.3. The number of amides is 1. The third-order valence-corrected chi connectivity index (χ3v) is 5.80. The summed E-state index contributed by atoms with van der Waals surface area (Å²) in [4.78, 5) is 13.0. The van der Waals surface area contributed by atoms with Crippen LogP contribution in [0.3, 0.4) is 0 Å². The monoisotopic (exact) mass is 421 g/mol. The SMILES string of the molecule is O=C(CC(CC(O)(c1ccccc1)c1ccccc1)c1ccccc1)Nc1ccccc1. The van der Waals surface area contributed by atoms with Crippen molar-refractivity contribution in [2.45, 2.75) is 24.4 Å². The first-order valence-electron chi connectivity index (χ1n) is 10.9. The molecule has 160 valence electrons. The van der Waals surface area contributed by atoms with Crippen molar-refractivity contribution in [3.05, 3.63) is 138 Å². The van der Waals surface area contributed by atoms with Crippen LogP contribution < -0.4 is 5.32 Å². The van der Waals surface area contributed by atoms with Gasteiger partial charge in [0.15, 0.2) is 0 Å². The molecule has 0 saturated heterocycles. The number of hydrogen-bond acceptors (Lipinski definition) is 2. The van der Waals surface area contributed by atoms with Gasteiger partial charge in [-0.15, -0.1) is 0 Å². The predicted octanol–water partition coefficient (Wildman–Crippen LogP) is 6.13. The van der Waals surface area contributed by atoms with Crippen LogP contribution in [0.5, 0.6) is 0 Å². The molecule has 3 heteroatoms. The summed E-state index contributed by atoms with van der Waals surface area (Å²) in [5.74, 6) is -0.251. The summed E-state index contributed by atoms with van der Waals surface area (Å²) >= 11 is 0. The molecular weight excluding hydrogens is 394 g/mol. The first-order chi connectivity index (χ1) is 15.6. The van der Waals surface area contributed by atoms with E-state index in [-0.39, 0.29) is 18.2 Å². The van der Waals surface area contributed by atoms with Crippen LogP contribution in [0.1, 0.15) is 35.4 Å². The molecule has 0 aliphatic carbocycles. The highest BCUT2D eigenvalue weighted by Crippen LogP contribution is 2.40. The van der Waals surface area contributed by atoms with Gasteiger partial charge in [0.05, 0.1) is 0 Å². The number of rotatable bonds is 8. The van der Waals surface area contributed by atoms with E-state index in [0.717, 1.165) is 22.4 Å². The summed E-state index contributed by atoms with van der Waals surface area (Å²) in [6.07, 6.45) is 0.647. The van der Waals surface area contributed by atoms with Crippen molar-refractivity contribution < 1.29 is 9.90 Å². The van der Waals surface area contributed by atoms with Crippen molar-refractivity contribution in [2.24, 2.45) is 0 Å².